The predicted octanol–water partition coefficient (Wildman–Crippen LogP) is 3.16. The zero-order chi connectivity index (χ0) is 25.5. The molecule has 3 N–H and O–H groups in total. The molecular formula is C28H41N3O5. The van der Waals surface area contributed by atoms with E-state index in [0.717, 1.165) is 43.1 Å². The van der Waals surface area contributed by atoms with Crippen LogP contribution in [0.1, 0.15) is 86.6 Å². The van der Waals surface area contributed by atoms with Crippen LogP contribution >= 0.6 is 0 Å². The lowest BCUT2D eigenvalue weighted by atomic mass is 9.77. The van der Waals surface area contributed by atoms with Crippen LogP contribution in [0.15, 0.2) is 18.2 Å². The van der Waals surface area contributed by atoms with Crippen LogP contribution in [0.25, 0.3) is 0 Å². The van der Waals surface area contributed by atoms with Crippen molar-refractivity contribution >= 4 is 17.7 Å². The number of aliphatic hydroxyl groups is 1. The summed E-state index contributed by atoms with van der Waals surface area (Å²) in [5.74, 6) is 2.14. The molecule has 8 nitrogen and oxygen atoms in total. The highest BCUT2D eigenvalue weighted by molar-refractivity contribution is 6.05. The van der Waals surface area contributed by atoms with E-state index in [0.29, 0.717) is 18.5 Å². The minimum absolute atomic E-state index is 0.146. The third-order valence-corrected chi connectivity index (χ3v) is 8.23. The van der Waals surface area contributed by atoms with Crippen molar-refractivity contribution in [3.8, 4) is 5.75 Å². The number of carbonyl (C=O) groups excluding carboxylic acids is 3. The second-order valence-electron chi connectivity index (χ2n) is 10.6. The van der Waals surface area contributed by atoms with E-state index in [4.69, 9.17) is 9.84 Å². The van der Waals surface area contributed by atoms with Gasteiger partial charge in [0.15, 0.2) is 0 Å². The summed E-state index contributed by atoms with van der Waals surface area (Å²) in [5, 5.41) is 12.7. The highest BCUT2D eigenvalue weighted by Crippen LogP contribution is 2.33. The molecule has 0 spiro atoms. The fourth-order valence-corrected chi connectivity index (χ4v) is 6.07. The molecule has 5 aliphatic rings. The van der Waals surface area contributed by atoms with E-state index < -0.39 is 6.04 Å². The lowest BCUT2D eigenvalue weighted by molar-refractivity contribution is -0.136. The number of rotatable bonds is 4. The zero-order valence-corrected chi connectivity index (χ0v) is 21.5. The number of piperidine rings is 1. The highest BCUT2D eigenvalue weighted by Gasteiger charge is 2.39. The second-order valence-corrected chi connectivity index (χ2v) is 10.6. The van der Waals surface area contributed by atoms with Crippen LogP contribution in [-0.4, -0.2) is 60.1 Å². The molecule has 6 rings (SSSR count). The monoisotopic (exact) mass is 499 g/mol. The Balaban J connectivity index is 0.000000211. The van der Waals surface area contributed by atoms with Crippen molar-refractivity contribution in [3.63, 3.8) is 0 Å². The van der Waals surface area contributed by atoms with Crippen LogP contribution in [0.5, 0.6) is 5.75 Å². The number of amides is 3. The zero-order valence-electron chi connectivity index (χ0n) is 21.5. The van der Waals surface area contributed by atoms with Crippen molar-refractivity contribution < 1.29 is 24.2 Å². The molecule has 3 aliphatic heterocycles. The van der Waals surface area contributed by atoms with Gasteiger partial charge in [-0.25, -0.2) is 0 Å². The number of fused-ring (bicyclic) bond motifs is 1. The van der Waals surface area contributed by atoms with Gasteiger partial charge in [-0.3, -0.25) is 19.7 Å². The maximum Gasteiger partial charge on any atom is 0.255 e. The van der Waals surface area contributed by atoms with E-state index in [2.05, 4.69) is 10.6 Å². The summed E-state index contributed by atoms with van der Waals surface area (Å²) in [7, 11) is 1.00. The molecule has 1 aromatic rings. The predicted molar refractivity (Wildman–Crippen MR) is 136 cm³/mol. The summed E-state index contributed by atoms with van der Waals surface area (Å²) < 4.78 is 6.00. The van der Waals surface area contributed by atoms with E-state index in [1.165, 1.54) is 58.0 Å². The summed E-state index contributed by atoms with van der Waals surface area (Å²) in [6, 6.07) is 4.97. The van der Waals surface area contributed by atoms with Crippen LogP contribution in [0, 0.1) is 11.8 Å². The number of imide groups is 1. The maximum atomic E-state index is 12.6. The average Bonchev–Trinajstić information content (AvgIpc) is 3.48. The van der Waals surface area contributed by atoms with Gasteiger partial charge in [0.1, 0.15) is 11.8 Å². The van der Waals surface area contributed by atoms with Crippen molar-refractivity contribution in [3.05, 3.63) is 29.3 Å². The second kappa shape index (κ2) is 12.7. The Kier molecular flexibility index (Phi) is 9.37. The van der Waals surface area contributed by atoms with E-state index in [-0.39, 0.29) is 30.2 Å². The number of aliphatic hydroxyl groups excluding tert-OH is 1. The molecule has 2 saturated heterocycles. The van der Waals surface area contributed by atoms with Gasteiger partial charge in [0.25, 0.3) is 5.91 Å². The largest absolute Gasteiger partial charge is 0.490 e. The fourth-order valence-electron chi connectivity index (χ4n) is 6.07. The molecule has 0 aromatic heterocycles. The van der Waals surface area contributed by atoms with Crippen molar-refractivity contribution in [2.24, 2.45) is 11.8 Å². The summed E-state index contributed by atoms with van der Waals surface area (Å²) in [6.07, 6.45) is 13.0. The molecule has 3 heterocycles. The van der Waals surface area contributed by atoms with Gasteiger partial charge in [-0.1, -0.05) is 32.1 Å². The van der Waals surface area contributed by atoms with Crippen LogP contribution in [0.3, 0.4) is 0 Å². The van der Waals surface area contributed by atoms with Gasteiger partial charge in [-0.2, -0.15) is 0 Å². The minimum Gasteiger partial charge on any atom is -0.490 e. The van der Waals surface area contributed by atoms with Gasteiger partial charge in [0, 0.05) is 25.6 Å². The molecular weight excluding hydrogens is 458 g/mol. The number of ether oxygens (including phenoxy) is 1. The molecule has 2 aliphatic carbocycles. The van der Waals surface area contributed by atoms with E-state index in [9.17, 15) is 14.4 Å². The topological polar surface area (TPSA) is 108 Å². The van der Waals surface area contributed by atoms with Crippen LogP contribution in [0.2, 0.25) is 0 Å². The van der Waals surface area contributed by atoms with Gasteiger partial charge in [0.2, 0.25) is 11.8 Å². The molecule has 8 heteroatoms. The van der Waals surface area contributed by atoms with E-state index >= 15 is 0 Å². The number of carbonyl (C=O) groups is 3. The summed E-state index contributed by atoms with van der Waals surface area (Å²) in [4.78, 5) is 37.5. The molecule has 198 valence electrons. The Labute approximate surface area is 214 Å². The third kappa shape index (κ3) is 6.27. The Morgan fingerprint density at radius 2 is 1.58 bits per heavy atom. The van der Waals surface area contributed by atoms with Crippen molar-refractivity contribution in [1.82, 2.24) is 15.5 Å². The molecule has 0 bridgehead atoms. The highest BCUT2D eigenvalue weighted by atomic mass is 16.5. The first-order chi connectivity index (χ1) is 17.6. The molecule has 4 fully saturated rings. The molecule has 1 atom stereocenters. The molecule has 3 amide bonds. The quantitative estimate of drug-likeness (QED) is 0.550. The van der Waals surface area contributed by atoms with Gasteiger partial charge in [-0.05, 0) is 80.8 Å². The molecule has 0 radical (unpaired) electrons. The molecule has 1 aromatic carbocycles. The summed E-state index contributed by atoms with van der Waals surface area (Å²) in [5.41, 5.74) is 1.51. The number of nitrogens with zero attached hydrogens (tertiary/aromatic N) is 1. The molecule has 36 heavy (non-hydrogen) atoms. The van der Waals surface area contributed by atoms with Gasteiger partial charge < -0.3 is 20.1 Å². The van der Waals surface area contributed by atoms with Crippen molar-refractivity contribution in [1.29, 1.82) is 0 Å². The first-order valence-corrected chi connectivity index (χ1v) is 13.7. The fraction of sp³-hybridized carbons (Fsp3) is 0.679. The molecule has 2 saturated carbocycles. The number of benzene rings is 1. The standard InChI is InChI=1S/C18H20N2O4.C9H17N.CH4O/c21-16-8-7-15(17(22)19-16)20-10-11-9-13(5-6-14(11)18(20)23)24-12-3-1-2-4-12;1-2-4-8(5-3-1)9-6-10-7-9;1-2/h5-6,9,12,15H,1-4,7-8,10H2,(H,19,21,22);8-10H,1-7H2;2H,1H3. The van der Waals surface area contributed by atoms with Gasteiger partial charge in [0.05, 0.1) is 6.10 Å². The lowest BCUT2D eigenvalue weighted by Crippen LogP contribution is -2.52. The third-order valence-electron chi connectivity index (χ3n) is 8.23. The Hall–Kier alpha value is -2.45. The van der Waals surface area contributed by atoms with Crippen LogP contribution in [-0.2, 0) is 16.1 Å². The van der Waals surface area contributed by atoms with Gasteiger partial charge in [-0.15, -0.1) is 0 Å². The Bertz CT molecular complexity index is 920. The average molecular weight is 500 g/mol. The summed E-state index contributed by atoms with van der Waals surface area (Å²) in [6.45, 7) is 3.01. The normalized spacial score (nSPS) is 24.7. The number of hydrogen-bond donors (Lipinski definition) is 3. The SMILES string of the molecule is C1CCC(C2CNC2)CC1.CO.O=C1CCC(N2Cc3cc(OC4CCCC4)ccc3C2=O)C(=O)N1. The Morgan fingerprint density at radius 3 is 2.22 bits per heavy atom. The van der Waals surface area contributed by atoms with E-state index in [1.54, 1.807) is 11.0 Å². The van der Waals surface area contributed by atoms with Crippen molar-refractivity contribution in [2.75, 3.05) is 20.2 Å². The van der Waals surface area contributed by atoms with E-state index in [1.807, 2.05) is 12.1 Å². The molecule has 1 unspecified atom stereocenters. The minimum atomic E-state index is -0.568. The number of hydrogen-bond acceptors (Lipinski definition) is 6. The number of nitrogens with one attached hydrogen (secondary N) is 2. The van der Waals surface area contributed by atoms with Crippen LogP contribution in [0.4, 0.5) is 0 Å². The van der Waals surface area contributed by atoms with Crippen LogP contribution < -0.4 is 15.4 Å². The van der Waals surface area contributed by atoms with Gasteiger partial charge >= 0.3 is 0 Å². The first kappa shape index (κ1) is 26.6. The lowest BCUT2D eigenvalue weighted by Gasteiger charge is -2.36. The summed E-state index contributed by atoms with van der Waals surface area (Å²) >= 11 is 0. The maximum absolute atomic E-state index is 12.6. The Morgan fingerprint density at radius 1 is 0.889 bits per heavy atom. The van der Waals surface area contributed by atoms with Crippen molar-refractivity contribution in [2.45, 2.75) is 89.3 Å². The smallest absolute Gasteiger partial charge is 0.255 e. The first-order valence-electron chi connectivity index (χ1n) is 13.7.